The van der Waals surface area contributed by atoms with Crippen molar-refractivity contribution in [1.82, 2.24) is 4.98 Å². The molecule has 2 aromatic rings. The first-order chi connectivity index (χ1) is 9.27. The lowest BCUT2D eigenvalue weighted by Crippen LogP contribution is -2.05. The van der Waals surface area contributed by atoms with Gasteiger partial charge in [0.25, 0.3) is 0 Å². The van der Waals surface area contributed by atoms with E-state index in [0.717, 1.165) is 6.07 Å². The zero-order chi connectivity index (χ0) is 14.9. The van der Waals surface area contributed by atoms with Gasteiger partial charge in [0, 0.05) is 12.3 Å². The highest BCUT2D eigenvalue weighted by Crippen LogP contribution is 2.36. The number of halogens is 6. The number of aromatic nitrogens is 1. The second kappa shape index (κ2) is 5.57. The molecule has 0 amide bonds. The van der Waals surface area contributed by atoms with Crippen LogP contribution in [0.25, 0.3) is 0 Å². The van der Waals surface area contributed by atoms with E-state index in [2.05, 4.69) is 20.9 Å². The normalized spacial score (nSPS) is 11.5. The van der Waals surface area contributed by atoms with Crippen molar-refractivity contribution in [1.29, 1.82) is 0 Å². The van der Waals surface area contributed by atoms with Crippen LogP contribution in [0.1, 0.15) is 5.56 Å². The predicted octanol–water partition coefficient (Wildman–Crippen LogP) is 5.45. The SMILES string of the molecule is Fc1ccc(Br)c(Oc2ncc(C(F)(F)F)cc2Cl)c1. The number of nitrogens with zero attached hydrogens (tertiary/aromatic N) is 1. The molecule has 0 aliphatic rings. The lowest BCUT2D eigenvalue weighted by molar-refractivity contribution is -0.137. The first-order valence-corrected chi connectivity index (χ1v) is 6.30. The Kier molecular flexibility index (Phi) is 4.19. The van der Waals surface area contributed by atoms with Crippen molar-refractivity contribution in [2.45, 2.75) is 6.18 Å². The van der Waals surface area contributed by atoms with E-state index in [4.69, 9.17) is 16.3 Å². The number of pyridine rings is 1. The molecule has 0 spiro atoms. The Morgan fingerprint density at radius 3 is 2.50 bits per heavy atom. The maximum Gasteiger partial charge on any atom is 0.417 e. The highest BCUT2D eigenvalue weighted by molar-refractivity contribution is 9.10. The van der Waals surface area contributed by atoms with Gasteiger partial charge in [-0.15, -0.1) is 0 Å². The van der Waals surface area contributed by atoms with E-state index in [-0.39, 0.29) is 16.7 Å². The van der Waals surface area contributed by atoms with Crippen molar-refractivity contribution in [3.8, 4) is 11.6 Å². The maximum absolute atomic E-state index is 13.1. The van der Waals surface area contributed by atoms with Gasteiger partial charge in [0.05, 0.1) is 10.0 Å². The Hall–Kier alpha value is -1.34. The summed E-state index contributed by atoms with van der Waals surface area (Å²) in [6.07, 6.45) is -3.96. The fourth-order valence-corrected chi connectivity index (χ4v) is 1.85. The summed E-state index contributed by atoms with van der Waals surface area (Å²) in [5, 5.41) is -0.323. The Bertz CT molecular complexity index is 648. The smallest absolute Gasteiger partial charge is 0.417 e. The number of rotatable bonds is 2. The van der Waals surface area contributed by atoms with Crippen molar-refractivity contribution in [2.24, 2.45) is 0 Å². The summed E-state index contributed by atoms with van der Waals surface area (Å²) >= 11 is 8.80. The summed E-state index contributed by atoms with van der Waals surface area (Å²) in [6.45, 7) is 0. The van der Waals surface area contributed by atoms with Gasteiger partial charge in [-0.3, -0.25) is 0 Å². The molecule has 2 rings (SSSR count). The van der Waals surface area contributed by atoms with Gasteiger partial charge in [0.1, 0.15) is 16.6 Å². The number of alkyl halides is 3. The number of ether oxygens (including phenoxy) is 1. The minimum absolute atomic E-state index is 0.0548. The molecule has 0 N–H and O–H groups in total. The van der Waals surface area contributed by atoms with Crippen LogP contribution in [0.4, 0.5) is 17.6 Å². The van der Waals surface area contributed by atoms with Crippen LogP contribution in [0.3, 0.4) is 0 Å². The molecule has 0 saturated carbocycles. The molecule has 1 heterocycles. The Balaban J connectivity index is 2.33. The zero-order valence-electron chi connectivity index (χ0n) is 9.51. The third-order valence-electron chi connectivity index (χ3n) is 2.23. The molecular formula is C12H5BrClF4NO. The van der Waals surface area contributed by atoms with Crippen LogP contribution in [0.5, 0.6) is 11.6 Å². The molecule has 0 aliphatic carbocycles. The minimum Gasteiger partial charge on any atom is -0.436 e. The Morgan fingerprint density at radius 1 is 1.20 bits per heavy atom. The van der Waals surface area contributed by atoms with E-state index in [1.807, 2.05) is 0 Å². The van der Waals surface area contributed by atoms with E-state index >= 15 is 0 Å². The van der Waals surface area contributed by atoms with Gasteiger partial charge < -0.3 is 4.74 Å². The number of benzene rings is 1. The van der Waals surface area contributed by atoms with Crippen LogP contribution in [0, 0.1) is 5.82 Å². The average Bonchev–Trinajstić information content (AvgIpc) is 2.35. The summed E-state index contributed by atoms with van der Waals surface area (Å²) in [5.74, 6) is -0.753. The standard InChI is InChI=1S/C12H5BrClF4NO/c13-8-2-1-7(15)4-10(8)20-11-9(14)3-6(5-19-11)12(16,17)18/h1-5H. The molecule has 2 nitrogen and oxygen atoms in total. The van der Waals surface area contributed by atoms with Gasteiger partial charge in [0.15, 0.2) is 0 Å². The van der Waals surface area contributed by atoms with Crippen molar-refractivity contribution in [3.05, 3.63) is 51.3 Å². The molecule has 0 aliphatic heterocycles. The fraction of sp³-hybridized carbons (Fsp3) is 0.0833. The first kappa shape index (κ1) is 15.1. The number of hydrogen-bond donors (Lipinski definition) is 0. The molecule has 1 aromatic carbocycles. The second-order valence-electron chi connectivity index (χ2n) is 3.69. The highest BCUT2D eigenvalue weighted by Gasteiger charge is 2.31. The molecule has 0 unspecified atom stereocenters. The van der Waals surface area contributed by atoms with Gasteiger partial charge in [-0.2, -0.15) is 13.2 Å². The molecule has 0 fully saturated rings. The van der Waals surface area contributed by atoms with Crippen molar-refractivity contribution in [3.63, 3.8) is 0 Å². The minimum atomic E-state index is -4.55. The summed E-state index contributed by atoms with van der Waals surface area (Å²) in [7, 11) is 0. The second-order valence-corrected chi connectivity index (χ2v) is 4.95. The Labute approximate surface area is 124 Å². The van der Waals surface area contributed by atoms with E-state index < -0.39 is 17.6 Å². The van der Waals surface area contributed by atoms with Gasteiger partial charge in [-0.25, -0.2) is 9.37 Å². The lowest BCUT2D eigenvalue weighted by Gasteiger charge is -2.11. The summed E-state index contributed by atoms with van der Waals surface area (Å²) in [4.78, 5) is 3.49. The first-order valence-electron chi connectivity index (χ1n) is 5.13. The molecule has 20 heavy (non-hydrogen) atoms. The monoisotopic (exact) mass is 369 g/mol. The van der Waals surface area contributed by atoms with Gasteiger partial charge in [0.2, 0.25) is 5.88 Å². The predicted molar refractivity (Wildman–Crippen MR) is 68.4 cm³/mol. The average molecular weight is 371 g/mol. The molecule has 0 saturated heterocycles. The summed E-state index contributed by atoms with van der Waals surface area (Å²) < 4.78 is 56.0. The molecule has 0 radical (unpaired) electrons. The molecule has 8 heteroatoms. The van der Waals surface area contributed by atoms with Crippen molar-refractivity contribution < 1.29 is 22.3 Å². The summed E-state index contributed by atoms with van der Waals surface area (Å²) in [6, 6.07) is 4.33. The van der Waals surface area contributed by atoms with Crippen molar-refractivity contribution in [2.75, 3.05) is 0 Å². The maximum atomic E-state index is 13.1. The molecular weight excluding hydrogens is 365 g/mol. The largest absolute Gasteiger partial charge is 0.436 e. The lowest BCUT2D eigenvalue weighted by atomic mass is 10.3. The van der Waals surface area contributed by atoms with Crippen molar-refractivity contribution >= 4 is 27.5 Å². The van der Waals surface area contributed by atoms with E-state index in [0.29, 0.717) is 16.7 Å². The Morgan fingerprint density at radius 2 is 1.90 bits per heavy atom. The summed E-state index contributed by atoms with van der Waals surface area (Å²) in [5.41, 5.74) is -0.992. The van der Waals surface area contributed by atoms with Crippen LogP contribution >= 0.6 is 27.5 Å². The molecule has 106 valence electrons. The van der Waals surface area contributed by atoms with Crippen LogP contribution < -0.4 is 4.74 Å². The topological polar surface area (TPSA) is 22.1 Å². The number of hydrogen-bond acceptors (Lipinski definition) is 2. The highest BCUT2D eigenvalue weighted by atomic mass is 79.9. The quantitative estimate of drug-likeness (QED) is 0.656. The van der Waals surface area contributed by atoms with E-state index in [9.17, 15) is 17.6 Å². The van der Waals surface area contributed by atoms with Gasteiger partial charge in [-0.1, -0.05) is 11.6 Å². The van der Waals surface area contributed by atoms with Crippen LogP contribution in [-0.4, -0.2) is 4.98 Å². The molecule has 1 aromatic heterocycles. The fourth-order valence-electron chi connectivity index (χ4n) is 1.32. The molecule has 0 bridgehead atoms. The van der Waals surface area contributed by atoms with E-state index in [1.54, 1.807) is 0 Å². The van der Waals surface area contributed by atoms with Gasteiger partial charge in [-0.05, 0) is 34.1 Å². The molecule has 0 atom stereocenters. The van der Waals surface area contributed by atoms with E-state index in [1.165, 1.54) is 12.1 Å². The van der Waals surface area contributed by atoms with Crippen LogP contribution in [-0.2, 0) is 6.18 Å². The van der Waals surface area contributed by atoms with Gasteiger partial charge >= 0.3 is 6.18 Å². The zero-order valence-corrected chi connectivity index (χ0v) is 11.9. The third kappa shape index (κ3) is 3.40. The van der Waals surface area contributed by atoms with Crippen LogP contribution in [0.2, 0.25) is 5.02 Å². The van der Waals surface area contributed by atoms with Crippen LogP contribution in [0.15, 0.2) is 34.9 Å². The third-order valence-corrected chi connectivity index (χ3v) is 3.16.